The van der Waals surface area contributed by atoms with E-state index in [9.17, 15) is 24.1 Å². The number of hydrogen-bond donors (Lipinski definition) is 1. The molecule has 1 N–H and O–H groups in total. The van der Waals surface area contributed by atoms with Crippen molar-refractivity contribution in [2.75, 3.05) is 5.32 Å². The molecule has 1 aromatic carbocycles. The Balaban J connectivity index is 1.50. The summed E-state index contributed by atoms with van der Waals surface area (Å²) in [5, 5.41) is 16.9. The Kier molecular flexibility index (Phi) is 6.60. The number of rotatable bonds is 8. The second-order valence-electron chi connectivity index (χ2n) is 6.27. The molecule has 3 aromatic rings. The third kappa shape index (κ3) is 5.65. The molecule has 0 radical (unpaired) electrons. The Morgan fingerprint density at radius 3 is 2.84 bits per heavy atom. The van der Waals surface area contributed by atoms with Crippen LogP contribution in [0.5, 0.6) is 0 Å². The number of nitro benzene ring substituents is 1. The molecule has 0 aliphatic rings. The van der Waals surface area contributed by atoms with E-state index in [0.29, 0.717) is 5.69 Å². The summed E-state index contributed by atoms with van der Waals surface area (Å²) in [4.78, 5) is 42.2. The number of hydrogen-bond acceptors (Lipinski definition) is 9. The van der Waals surface area contributed by atoms with Gasteiger partial charge in [-0.3, -0.25) is 24.7 Å². The van der Waals surface area contributed by atoms with Crippen LogP contribution in [0.2, 0.25) is 0 Å². The first-order valence-electron chi connectivity index (χ1n) is 9.01. The first-order chi connectivity index (χ1) is 14.8. The van der Waals surface area contributed by atoms with Gasteiger partial charge in [0, 0.05) is 24.4 Å². The normalized spacial score (nSPS) is 11.5. The van der Waals surface area contributed by atoms with Gasteiger partial charge in [-0.2, -0.15) is 9.37 Å². The maximum Gasteiger partial charge on any atom is 0.307 e. The minimum Gasteiger partial charge on any atom is -0.453 e. The van der Waals surface area contributed by atoms with Crippen molar-refractivity contribution < 1.29 is 28.2 Å². The van der Waals surface area contributed by atoms with Crippen LogP contribution >= 0.6 is 0 Å². The topological polar surface area (TPSA) is 150 Å². The highest BCUT2D eigenvalue weighted by molar-refractivity contribution is 5.95. The van der Waals surface area contributed by atoms with Crippen molar-refractivity contribution in [2.45, 2.75) is 25.9 Å². The van der Waals surface area contributed by atoms with E-state index in [-0.39, 0.29) is 30.2 Å². The Morgan fingerprint density at radius 1 is 1.32 bits per heavy atom. The van der Waals surface area contributed by atoms with E-state index < -0.39 is 34.4 Å². The van der Waals surface area contributed by atoms with E-state index >= 15 is 0 Å². The maximum atomic E-state index is 13.4. The van der Waals surface area contributed by atoms with Crippen LogP contribution in [0.3, 0.4) is 0 Å². The maximum absolute atomic E-state index is 13.4. The molecule has 2 aromatic heterocycles. The van der Waals surface area contributed by atoms with Gasteiger partial charge in [-0.15, -0.1) is 0 Å². The third-order valence-corrected chi connectivity index (χ3v) is 3.99. The van der Waals surface area contributed by atoms with Gasteiger partial charge in [0.05, 0.1) is 11.3 Å². The molecular formula is C19H16FN5O6. The van der Waals surface area contributed by atoms with E-state index in [0.717, 1.165) is 18.2 Å². The number of nitrogens with zero attached hydrogens (tertiary/aromatic N) is 4. The number of ether oxygens (including phenoxy) is 1. The van der Waals surface area contributed by atoms with Crippen molar-refractivity contribution in [1.29, 1.82) is 0 Å². The van der Waals surface area contributed by atoms with Crippen molar-refractivity contribution >= 4 is 23.3 Å². The van der Waals surface area contributed by atoms with Gasteiger partial charge in [-0.25, -0.2) is 0 Å². The number of anilines is 1. The van der Waals surface area contributed by atoms with Crippen LogP contribution in [0.15, 0.2) is 47.1 Å². The van der Waals surface area contributed by atoms with Crippen LogP contribution in [0.25, 0.3) is 11.5 Å². The molecule has 11 nitrogen and oxygen atoms in total. The van der Waals surface area contributed by atoms with Crippen molar-refractivity contribution in [1.82, 2.24) is 15.1 Å². The molecule has 0 bridgehead atoms. The Morgan fingerprint density at radius 2 is 2.13 bits per heavy atom. The molecule has 1 amide bonds. The number of aromatic nitrogens is 3. The highest BCUT2D eigenvalue weighted by Crippen LogP contribution is 2.22. The lowest BCUT2D eigenvalue weighted by molar-refractivity contribution is -0.387. The zero-order chi connectivity index (χ0) is 22.4. The summed E-state index contributed by atoms with van der Waals surface area (Å²) in [7, 11) is 0. The molecule has 12 heteroatoms. The number of carbonyl (C=O) groups excluding carboxylic acids is 2. The van der Waals surface area contributed by atoms with Gasteiger partial charge in [-0.05, 0) is 31.2 Å². The predicted molar refractivity (Wildman–Crippen MR) is 103 cm³/mol. The summed E-state index contributed by atoms with van der Waals surface area (Å²) in [6.45, 7) is 1.33. The molecule has 0 aliphatic heterocycles. The Labute approximate surface area is 174 Å². The highest BCUT2D eigenvalue weighted by atomic mass is 19.1. The second-order valence-corrected chi connectivity index (χ2v) is 6.27. The van der Waals surface area contributed by atoms with Gasteiger partial charge in [0.25, 0.3) is 5.91 Å². The number of nitro groups is 1. The molecule has 0 saturated heterocycles. The van der Waals surface area contributed by atoms with E-state index in [2.05, 4.69) is 20.4 Å². The van der Waals surface area contributed by atoms with E-state index in [1.165, 1.54) is 6.92 Å². The third-order valence-electron chi connectivity index (χ3n) is 3.99. The molecule has 0 aliphatic carbocycles. The van der Waals surface area contributed by atoms with Crippen LogP contribution in [0, 0.1) is 15.9 Å². The van der Waals surface area contributed by atoms with Gasteiger partial charge in [0.1, 0.15) is 5.69 Å². The van der Waals surface area contributed by atoms with Crippen molar-refractivity contribution in [2.24, 2.45) is 0 Å². The van der Waals surface area contributed by atoms with Crippen molar-refractivity contribution in [3.8, 4) is 11.5 Å². The summed E-state index contributed by atoms with van der Waals surface area (Å²) in [6.07, 6.45) is 0.364. The molecule has 0 spiro atoms. The lowest BCUT2D eigenvalue weighted by atomic mass is 10.2. The Bertz CT molecular complexity index is 1100. The van der Waals surface area contributed by atoms with Crippen molar-refractivity contribution in [3.63, 3.8) is 0 Å². The quantitative estimate of drug-likeness (QED) is 0.324. The number of halogens is 1. The zero-order valence-corrected chi connectivity index (χ0v) is 16.1. The van der Waals surface area contributed by atoms with Crippen LogP contribution in [-0.2, 0) is 20.7 Å². The average Bonchev–Trinajstić information content (AvgIpc) is 3.23. The molecular weight excluding hydrogens is 413 g/mol. The van der Waals surface area contributed by atoms with E-state index in [1.807, 2.05) is 0 Å². The summed E-state index contributed by atoms with van der Waals surface area (Å²) < 4.78 is 23.5. The molecule has 1 atom stereocenters. The first-order valence-corrected chi connectivity index (χ1v) is 9.01. The molecule has 1 unspecified atom stereocenters. The van der Waals surface area contributed by atoms with Crippen molar-refractivity contribution in [3.05, 3.63) is 64.4 Å². The SMILES string of the molecule is CC(OC(=O)CCc1nc(-c2ccccn2)no1)C(=O)Nc1ccc(F)c([N+](=O)[O-])c1. The summed E-state index contributed by atoms with van der Waals surface area (Å²) in [6, 6.07) is 8.11. The fourth-order valence-corrected chi connectivity index (χ4v) is 2.45. The van der Waals surface area contributed by atoms with E-state index in [1.54, 1.807) is 24.4 Å². The highest BCUT2D eigenvalue weighted by Gasteiger charge is 2.21. The number of amides is 1. The number of aryl methyl sites for hydroxylation is 1. The van der Waals surface area contributed by atoms with Crippen LogP contribution in [0.4, 0.5) is 15.8 Å². The summed E-state index contributed by atoms with van der Waals surface area (Å²) in [5.41, 5.74) is -0.271. The van der Waals surface area contributed by atoms with Gasteiger partial charge in [-0.1, -0.05) is 11.2 Å². The van der Waals surface area contributed by atoms with Gasteiger partial charge >= 0.3 is 11.7 Å². The zero-order valence-electron chi connectivity index (χ0n) is 16.1. The molecule has 160 valence electrons. The lowest BCUT2D eigenvalue weighted by Gasteiger charge is -2.13. The number of pyridine rings is 1. The Hall–Kier alpha value is -4.22. The van der Waals surface area contributed by atoms with Crippen LogP contribution < -0.4 is 5.32 Å². The van der Waals surface area contributed by atoms with Gasteiger partial charge < -0.3 is 14.6 Å². The molecule has 31 heavy (non-hydrogen) atoms. The fraction of sp³-hybridized carbons (Fsp3) is 0.211. The number of carbonyl (C=O) groups is 2. The number of benzene rings is 1. The van der Waals surface area contributed by atoms with Gasteiger partial charge in [0.2, 0.25) is 17.5 Å². The average molecular weight is 429 g/mol. The van der Waals surface area contributed by atoms with Crippen LogP contribution in [0.1, 0.15) is 19.2 Å². The van der Waals surface area contributed by atoms with Crippen LogP contribution in [-0.4, -0.2) is 38.0 Å². The fourth-order valence-electron chi connectivity index (χ4n) is 2.45. The number of nitrogens with one attached hydrogen (secondary N) is 1. The minimum absolute atomic E-state index is 0.00564. The number of esters is 1. The predicted octanol–water partition coefficient (Wildman–Crippen LogP) is 2.68. The minimum atomic E-state index is -1.19. The largest absolute Gasteiger partial charge is 0.453 e. The van der Waals surface area contributed by atoms with Gasteiger partial charge in [0.15, 0.2) is 6.10 Å². The van der Waals surface area contributed by atoms with E-state index in [4.69, 9.17) is 9.26 Å². The standard InChI is InChI=1S/C19H16FN5O6/c1-11(19(27)22-12-5-6-13(20)15(10-12)25(28)29)30-17(26)8-7-16-23-18(24-31-16)14-4-2-3-9-21-14/h2-6,9-11H,7-8H2,1H3,(H,22,27). The lowest BCUT2D eigenvalue weighted by Crippen LogP contribution is -2.30. The monoisotopic (exact) mass is 429 g/mol. The molecule has 0 fully saturated rings. The molecule has 0 saturated carbocycles. The summed E-state index contributed by atoms with van der Waals surface area (Å²) in [5.74, 6) is -1.97. The summed E-state index contributed by atoms with van der Waals surface area (Å²) >= 11 is 0. The first kappa shape index (κ1) is 21.5. The smallest absolute Gasteiger partial charge is 0.307 e. The molecule has 2 heterocycles. The second kappa shape index (κ2) is 9.52. The molecule has 3 rings (SSSR count).